The standard InChI is InChI=1S/C12H18N2O3/c1-9(2)13(4-5-15)11-6-10(3)7-12(8-11)14(16)17/h6-9,15H,4-5H2,1-3H3. The molecule has 5 nitrogen and oxygen atoms in total. The third-order valence-electron chi connectivity index (χ3n) is 2.55. The molecule has 1 aromatic rings. The van der Waals surface area contributed by atoms with E-state index >= 15 is 0 Å². The first kappa shape index (κ1) is 13.4. The van der Waals surface area contributed by atoms with Gasteiger partial charge in [0.2, 0.25) is 0 Å². The van der Waals surface area contributed by atoms with Gasteiger partial charge in [-0.05, 0) is 32.4 Å². The molecule has 0 aliphatic heterocycles. The molecule has 0 saturated heterocycles. The molecule has 0 bridgehead atoms. The third-order valence-corrected chi connectivity index (χ3v) is 2.55. The monoisotopic (exact) mass is 238 g/mol. The first-order chi connectivity index (χ1) is 7.95. The topological polar surface area (TPSA) is 66.6 Å². The van der Waals surface area contributed by atoms with E-state index in [-0.39, 0.29) is 18.3 Å². The van der Waals surface area contributed by atoms with Gasteiger partial charge in [-0.2, -0.15) is 0 Å². The Bertz CT molecular complexity index is 405. The number of benzene rings is 1. The van der Waals surface area contributed by atoms with Gasteiger partial charge in [-0.3, -0.25) is 10.1 Å². The molecule has 0 spiro atoms. The average molecular weight is 238 g/mol. The second kappa shape index (κ2) is 5.63. The number of hydrogen-bond donors (Lipinski definition) is 1. The number of aliphatic hydroxyl groups excluding tert-OH is 1. The van der Waals surface area contributed by atoms with Gasteiger partial charge in [-0.25, -0.2) is 0 Å². The number of anilines is 1. The molecule has 0 heterocycles. The number of non-ortho nitro benzene ring substituents is 1. The Morgan fingerprint density at radius 2 is 2.06 bits per heavy atom. The number of nitro benzene ring substituents is 1. The van der Waals surface area contributed by atoms with Crippen molar-refractivity contribution in [2.75, 3.05) is 18.1 Å². The van der Waals surface area contributed by atoms with Crippen LogP contribution in [0.25, 0.3) is 0 Å². The van der Waals surface area contributed by atoms with Gasteiger partial charge in [0.25, 0.3) is 5.69 Å². The molecule has 0 aromatic heterocycles. The van der Waals surface area contributed by atoms with E-state index in [1.165, 1.54) is 0 Å². The highest BCUT2D eigenvalue weighted by Gasteiger charge is 2.14. The normalized spacial score (nSPS) is 10.6. The molecular formula is C12H18N2O3. The Morgan fingerprint density at radius 1 is 1.41 bits per heavy atom. The van der Waals surface area contributed by atoms with Crippen LogP contribution in [0, 0.1) is 17.0 Å². The maximum Gasteiger partial charge on any atom is 0.271 e. The van der Waals surface area contributed by atoms with Crippen molar-refractivity contribution in [1.82, 2.24) is 0 Å². The van der Waals surface area contributed by atoms with Crippen LogP contribution in [0.2, 0.25) is 0 Å². The maximum absolute atomic E-state index is 10.8. The van der Waals surface area contributed by atoms with Gasteiger partial charge in [-0.15, -0.1) is 0 Å². The minimum atomic E-state index is -0.395. The number of rotatable bonds is 5. The van der Waals surface area contributed by atoms with Crippen molar-refractivity contribution in [3.05, 3.63) is 33.9 Å². The molecule has 1 aromatic carbocycles. The summed E-state index contributed by atoms with van der Waals surface area (Å²) in [6.07, 6.45) is 0. The van der Waals surface area contributed by atoms with Crippen molar-refractivity contribution in [3.63, 3.8) is 0 Å². The van der Waals surface area contributed by atoms with E-state index in [9.17, 15) is 10.1 Å². The highest BCUT2D eigenvalue weighted by molar-refractivity contribution is 5.56. The van der Waals surface area contributed by atoms with Gasteiger partial charge < -0.3 is 10.0 Å². The molecule has 1 rings (SSSR count). The summed E-state index contributed by atoms with van der Waals surface area (Å²) in [5.74, 6) is 0. The molecule has 0 atom stereocenters. The predicted molar refractivity (Wildman–Crippen MR) is 67.4 cm³/mol. The van der Waals surface area contributed by atoms with Crippen LogP contribution in [-0.2, 0) is 0 Å². The largest absolute Gasteiger partial charge is 0.395 e. The minimum absolute atomic E-state index is 0.0277. The van der Waals surface area contributed by atoms with E-state index in [1.807, 2.05) is 31.7 Å². The van der Waals surface area contributed by atoms with Crippen molar-refractivity contribution >= 4 is 11.4 Å². The van der Waals surface area contributed by atoms with E-state index < -0.39 is 4.92 Å². The van der Waals surface area contributed by atoms with Crippen molar-refractivity contribution in [3.8, 4) is 0 Å². The molecule has 0 fully saturated rings. The van der Waals surface area contributed by atoms with Gasteiger partial charge in [0.1, 0.15) is 0 Å². The predicted octanol–water partition coefficient (Wildman–Crippen LogP) is 2.11. The van der Waals surface area contributed by atoms with Crippen LogP contribution >= 0.6 is 0 Å². The Labute approximate surface area is 101 Å². The summed E-state index contributed by atoms with van der Waals surface area (Å²) in [6.45, 7) is 6.31. The van der Waals surface area contributed by atoms with Gasteiger partial charge >= 0.3 is 0 Å². The Morgan fingerprint density at radius 3 is 2.53 bits per heavy atom. The lowest BCUT2D eigenvalue weighted by Crippen LogP contribution is -2.33. The lowest BCUT2D eigenvalue weighted by atomic mass is 10.1. The molecule has 0 radical (unpaired) electrons. The first-order valence-corrected chi connectivity index (χ1v) is 5.59. The van der Waals surface area contributed by atoms with Gasteiger partial charge in [0.05, 0.1) is 11.5 Å². The first-order valence-electron chi connectivity index (χ1n) is 5.59. The van der Waals surface area contributed by atoms with Crippen LogP contribution in [0.3, 0.4) is 0 Å². The van der Waals surface area contributed by atoms with Crippen LogP contribution in [0.1, 0.15) is 19.4 Å². The van der Waals surface area contributed by atoms with Gasteiger partial charge in [-0.1, -0.05) is 0 Å². The Balaban J connectivity index is 3.14. The highest BCUT2D eigenvalue weighted by atomic mass is 16.6. The zero-order valence-electron chi connectivity index (χ0n) is 10.4. The summed E-state index contributed by atoms with van der Waals surface area (Å²) in [4.78, 5) is 12.3. The molecule has 0 amide bonds. The van der Waals surface area contributed by atoms with E-state index in [0.29, 0.717) is 6.54 Å². The molecule has 5 heteroatoms. The number of hydrogen-bond acceptors (Lipinski definition) is 4. The van der Waals surface area contributed by atoms with Crippen LogP contribution in [0.5, 0.6) is 0 Å². The number of nitro groups is 1. The van der Waals surface area contributed by atoms with E-state index in [1.54, 1.807) is 12.1 Å². The molecule has 0 saturated carbocycles. The average Bonchev–Trinajstić information content (AvgIpc) is 2.24. The Hall–Kier alpha value is -1.62. The second-order valence-corrected chi connectivity index (χ2v) is 4.29. The van der Waals surface area contributed by atoms with Crippen molar-refractivity contribution < 1.29 is 10.0 Å². The summed E-state index contributed by atoms with van der Waals surface area (Å²) in [5.41, 5.74) is 1.71. The third kappa shape index (κ3) is 3.42. The lowest BCUT2D eigenvalue weighted by Gasteiger charge is -2.28. The summed E-state index contributed by atoms with van der Waals surface area (Å²) in [5, 5.41) is 19.8. The van der Waals surface area contributed by atoms with Crippen LogP contribution in [0.4, 0.5) is 11.4 Å². The maximum atomic E-state index is 10.8. The molecule has 0 unspecified atom stereocenters. The van der Waals surface area contributed by atoms with E-state index in [2.05, 4.69) is 0 Å². The summed E-state index contributed by atoms with van der Waals surface area (Å²) in [6, 6.07) is 5.16. The number of aliphatic hydroxyl groups is 1. The SMILES string of the molecule is Cc1cc(N(CCO)C(C)C)cc([N+](=O)[O-])c1. The van der Waals surface area contributed by atoms with Gasteiger partial charge in [0.15, 0.2) is 0 Å². The number of aryl methyl sites for hydroxylation is 1. The number of nitrogens with zero attached hydrogens (tertiary/aromatic N) is 2. The summed E-state index contributed by atoms with van der Waals surface area (Å²) >= 11 is 0. The zero-order chi connectivity index (χ0) is 13.0. The molecule has 0 aliphatic rings. The fraction of sp³-hybridized carbons (Fsp3) is 0.500. The molecule has 17 heavy (non-hydrogen) atoms. The highest BCUT2D eigenvalue weighted by Crippen LogP contribution is 2.25. The van der Waals surface area contributed by atoms with E-state index in [0.717, 1.165) is 11.3 Å². The van der Waals surface area contributed by atoms with Crippen LogP contribution in [0.15, 0.2) is 18.2 Å². The lowest BCUT2D eigenvalue weighted by molar-refractivity contribution is -0.384. The van der Waals surface area contributed by atoms with Crippen LogP contribution < -0.4 is 4.90 Å². The fourth-order valence-electron chi connectivity index (χ4n) is 1.81. The van der Waals surface area contributed by atoms with Crippen molar-refractivity contribution in [2.24, 2.45) is 0 Å². The van der Waals surface area contributed by atoms with Crippen molar-refractivity contribution in [2.45, 2.75) is 26.8 Å². The second-order valence-electron chi connectivity index (χ2n) is 4.29. The Kier molecular flexibility index (Phi) is 4.45. The molecule has 94 valence electrons. The van der Waals surface area contributed by atoms with E-state index in [4.69, 9.17) is 5.11 Å². The fourth-order valence-corrected chi connectivity index (χ4v) is 1.81. The summed E-state index contributed by atoms with van der Waals surface area (Å²) in [7, 11) is 0. The minimum Gasteiger partial charge on any atom is -0.395 e. The van der Waals surface area contributed by atoms with Gasteiger partial charge in [0, 0.05) is 30.4 Å². The van der Waals surface area contributed by atoms with Crippen LogP contribution in [-0.4, -0.2) is 29.2 Å². The zero-order valence-corrected chi connectivity index (χ0v) is 10.4. The quantitative estimate of drug-likeness (QED) is 0.630. The molecule has 1 N–H and O–H groups in total. The molecular weight excluding hydrogens is 220 g/mol. The molecule has 0 aliphatic carbocycles. The summed E-state index contributed by atoms with van der Waals surface area (Å²) < 4.78 is 0. The van der Waals surface area contributed by atoms with Crippen molar-refractivity contribution in [1.29, 1.82) is 0 Å². The smallest absolute Gasteiger partial charge is 0.271 e.